The smallest absolute Gasteiger partial charge is 0.107 e. The Bertz CT molecular complexity index is 265. The molecule has 0 aliphatic heterocycles. The van der Waals surface area contributed by atoms with Crippen LogP contribution in [-0.4, -0.2) is 10.7 Å². The molecule has 1 heterocycles. The van der Waals surface area contributed by atoms with Crippen LogP contribution in [-0.2, 0) is 0 Å². The van der Waals surface area contributed by atoms with Gasteiger partial charge in [-0.1, -0.05) is 26.3 Å². The minimum absolute atomic E-state index is 0.769. The molecule has 0 bridgehead atoms. The molecule has 0 aromatic carbocycles. The third-order valence-corrected chi connectivity index (χ3v) is 3.60. The number of halogens is 1. The topological polar surface area (TPSA) is 12.9 Å². The summed E-state index contributed by atoms with van der Waals surface area (Å²) in [7, 11) is 0. The van der Waals surface area contributed by atoms with Crippen LogP contribution >= 0.6 is 27.7 Å². The van der Waals surface area contributed by atoms with Crippen molar-refractivity contribution >= 4 is 27.7 Å². The zero-order chi connectivity index (χ0) is 9.68. The fraction of sp³-hybridized carbons (Fsp3) is 0.500. The summed E-state index contributed by atoms with van der Waals surface area (Å²) in [6, 6.07) is 6.03. The SMILES string of the molecule is CCC(C)CSc1cccc(Br)n1. The fourth-order valence-electron chi connectivity index (χ4n) is 0.816. The largest absolute Gasteiger partial charge is 0.235 e. The molecule has 0 spiro atoms. The number of rotatable bonds is 4. The van der Waals surface area contributed by atoms with Crippen molar-refractivity contribution in [3.63, 3.8) is 0 Å². The van der Waals surface area contributed by atoms with Crippen molar-refractivity contribution in [2.75, 3.05) is 5.75 Å². The molecule has 1 rings (SSSR count). The van der Waals surface area contributed by atoms with E-state index in [0.717, 1.165) is 21.3 Å². The molecule has 0 aliphatic rings. The molecule has 1 atom stereocenters. The van der Waals surface area contributed by atoms with E-state index in [9.17, 15) is 0 Å². The maximum atomic E-state index is 4.36. The van der Waals surface area contributed by atoms with Gasteiger partial charge in [0.05, 0.1) is 5.03 Å². The predicted octanol–water partition coefficient (Wildman–Crippen LogP) is 3.98. The molecule has 0 saturated heterocycles. The van der Waals surface area contributed by atoms with Gasteiger partial charge < -0.3 is 0 Å². The first-order valence-corrected chi connectivity index (χ1v) is 6.25. The zero-order valence-electron chi connectivity index (χ0n) is 7.96. The van der Waals surface area contributed by atoms with Crippen molar-refractivity contribution in [1.82, 2.24) is 4.98 Å². The molecule has 0 N–H and O–H groups in total. The molecule has 0 amide bonds. The number of aromatic nitrogens is 1. The van der Waals surface area contributed by atoms with Gasteiger partial charge >= 0.3 is 0 Å². The number of nitrogens with zero attached hydrogens (tertiary/aromatic N) is 1. The van der Waals surface area contributed by atoms with E-state index >= 15 is 0 Å². The Hall–Kier alpha value is -0.0200. The molecule has 1 aromatic heterocycles. The maximum absolute atomic E-state index is 4.36. The minimum Gasteiger partial charge on any atom is -0.235 e. The molecule has 72 valence electrons. The number of hydrogen-bond donors (Lipinski definition) is 0. The molecule has 13 heavy (non-hydrogen) atoms. The molecule has 1 aromatic rings. The van der Waals surface area contributed by atoms with Gasteiger partial charge in [0.25, 0.3) is 0 Å². The van der Waals surface area contributed by atoms with E-state index in [1.54, 1.807) is 0 Å². The van der Waals surface area contributed by atoms with E-state index in [0.29, 0.717) is 0 Å². The second-order valence-electron chi connectivity index (χ2n) is 3.12. The summed E-state index contributed by atoms with van der Waals surface area (Å²) in [5.41, 5.74) is 0. The Morgan fingerprint density at radius 1 is 1.54 bits per heavy atom. The maximum Gasteiger partial charge on any atom is 0.107 e. The average Bonchev–Trinajstić information content (AvgIpc) is 2.14. The molecule has 0 aliphatic carbocycles. The lowest BCUT2D eigenvalue weighted by Crippen LogP contribution is -1.95. The van der Waals surface area contributed by atoms with Crippen LogP contribution in [0.15, 0.2) is 27.8 Å². The first-order chi connectivity index (χ1) is 6.22. The van der Waals surface area contributed by atoms with E-state index in [4.69, 9.17) is 0 Å². The Labute approximate surface area is 92.5 Å². The van der Waals surface area contributed by atoms with Gasteiger partial charge in [0.2, 0.25) is 0 Å². The van der Waals surface area contributed by atoms with Crippen molar-refractivity contribution in [2.45, 2.75) is 25.3 Å². The van der Waals surface area contributed by atoms with Gasteiger partial charge in [0.1, 0.15) is 4.60 Å². The molecule has 3 heteroatoms. The standard InChI is InChI=1S/C10H14BrNS/c1-3-8(2)7-13-10-6-4-5-9(11)12-10/h4-6,8H,3,7H2,1-2H3. The Kier molecular flexibility index (Phi) is 4.81. The fourth-order valence-corrected chi connectivity index (χ4v) is 2.31. The summed E-state index contributed by atoms with van der Waals surface area (Å²) < 4.78 is 0.918. The lowest BCUT2D eigenvalue weighted by Gasteiger charge is -2.06. The highest BCUT2D eigenvalue weighted by molar-refractivity contribution is 9.10. The van der Waals surface area contributed by atoms with Crippen LogP contribution in [0.1, 0.15) is 20.3 Å². The molecule has 1 nitrogen and oxygen atoms in total. The lowest BCUT2D eigenvalue weighted by atomic mass is 10.2. The number of thioether (sulfide) groups is 1. The van der Waals surface area contributed by atoms with E-state index in [-0.39, 0.29) is 0 Å². The molecule has 1 unspecified atom stereocenters. The predicted molar refractivity (Wildman–Crippen MR) is 62.1 cm³/mol. The van der Waals surface area contributed by atoms with E-state index < -0.39 is 0 Å². The summed E-state index contributed by atoms with van der Waals surface area (Å²) in [5.74, 6) is 1.92. The summed E-state index contributed by atoms with van der Waals surface area (Å²) in [4.78, 5) is 4.36. The third-order valence-electron chi connectivity index (χ3n) is 1.90. The van der Waals surface area contributed by atoms with Crippen molar-refractivity contribution < 1.29 is 0 Å². The van der Waals surface area contributed by atoms with E-state index in [2.05, 4.69) is 40.8 Å². The quantitative estimate of drug-likeness (QED) is 0.600. The Balaban J connectivity index is 2.45. The summed E-state index contributed by atoms with van der Waals surface area (Å²) in [5, 5.41) is 1.11. The minimum atomic E-state index is 0.769. The van der Waals surface area contributed by atoms with Crippen LogP contribution in [0.25, 0.3) is 0 Å². The highest BCUT2D eigenvalue weighted by Gasteiger charge is 2.01. The average molecular weight is 260 g/mol. The zero-order valence-corrected chi connectivity index (χ0v) is 10.4. The van der Waals surface area contributed by atoms with Gasteiger partial charge in [-0.15, -0.1) is 11.8 Å². The molecular weight excluding hydrogens is 246 g/mol. The second-order valence-corrected chi connectivity index (χ2v) is 4.98. The van der Waals surface area contributed by atoms with E-state index in [1.165, 1.54) is 6.42 Å². The normalized spacial score (nSPS) is 12.8. The van der Waals surface area contributed by atoms with E-state index in [1.807, 2.05) is 23.9 Å². The van der Waals surface area contributed by atoms with Crippen molar-refractivity contribution in [2.24, 2.45) is 5.92 Å². The first kappa shape index (κ1) is 11.1. The first-order valence-electron chi connectivity index (χ1n) is 4.47. The molecule has 0 fully saturated rings. The summed E-state index contributed by atoms with van der Waals surface area (Å²) in [6.45, 7) is 4.49. The highest BCUT2D eigenvalue weighted by atomic mass is 79.9. The van der Waals surface area contributed by atoms with Crippen LogP contribution in [0, 0.1) is 5.92 Å². The third kappa shape index (κ3) is 4.14. The second kappa shape index (κ2) is 5.66. The van der Waals surface area contributed by atoms with Gasteiger partial charge in [0.15, 0.2) is 0 Å². The van der Waals surface area contributed by atoms with Gasteiger partial charge in [-0.3, -0.25) is 0 Å². The Morgan fingerprint density at radius 3 is 2.92 bits per heavy atom. The number of hydrogen-bond acceptors (Lipinski definition) is 2. The van der Waals surface area contributed by atoms with Crippen LogP contribution in [0.5, 0.6) is 0 Å². The van der Waals surface area contributed by atoms with Crippen LogP contribution < -0.4 is 0 Å². The Morgan fingerprint density at radius 2 is 2.31 bits per heavy atom. The number of pyridine rings is 1. The monoisotopic (exact) mass is 259 g/mol. The summed E-state index contributed by atoms with van der Waals surface area (Å²) in [6.07, 6.45) is 1.24. The van der Waals surface area contributed by atoms with Gasteiger partial charge in [-0.25, -0.2) is 4.98 Å². The van der Waals surface area contributed by atoms with Crippen LogP contribution in [0.4, 0.5) is 0 Å². The van der Waals surface area contributed by atoms with Crippen LogP contribution in [0.2, 0.25) is 0 Å². The van der Waals surface area contributed by atoms with Gasteiger partial charge in [0, 0.05) is 5.75 Å². The lowest BCUT2D eigenvalue weighted by molar-refractivity contribution is 0.636. The molecular formula is C10H14BrNS. The van der Waals surface area contributed by atoms with Crippen molar-refractivity contribution in [3.05, 3.63) is 22.8 Å². The summed E-state index contributed by atoms with van der Waals surface area (Å²) >= 11 is 5.19. The van der Waals surface area contributed by atoms with Crippen molar-refractivity contribution in [1.29, 1.82) is 0 Å². The van der Waals surface area contributed by atoms with Crippen molar-refractivity contribution in [3.8, 4) is 0 Å². The highest BCUT2D eigenvalue weighted by Crippen LogP contribution is 2.21. The molecule has 0 saturated carbocycles. The van der Waals surface area contributed by atoms with Gasteiger partial charge in [-0.05, 0) is 34.0 Å². The van der Waals surface area contributed by atoms with Crippen LogP contribution in [0.3, 0.4) is 0 Å². The van der Waals surface area contributed by atoms with Gasteiger partial charge in [-0.2, -0.15) is 0 Å². The molecule has 0 radical (unpaired) electrons.